The van der Waals surface area contributed by atoms with Crippen LogP contribution in [-0.2, 0) is 7.05 Å². The lowest BCUT2D eigenvalue weighted by Gasteiger charge is -2.32. The lowest BCUT2D eigenvalue weighted by atomic mass is 9.94. The van der Waals surface area contributed by atoms with Crippen LogP contribution in [0.4, 0.5) is 0 Å². The monoisotopic (exact) mass is 285 g/mol. The van der Waals surface area contributed by atoms with Gasteiger partial charge in [-0.25, -0.2) is 0 Å². The number of aromatic nitrogens is 4. The number of piperidine rings is 1. The van der Waals surface area contributed by atoms with E-state index in [0.717, 1.165) is 30.8 Å². The number of likely N-dealkylation sites (tertiary alicyclic amines) is 1. The third-order valence-corrected chi connectivity index (χ3v) is 3.85. The fourth-order valence-corrected chi connectivity index (χ4v) is 2.80. The summed E-state index contributed by atoms with van der Waals surface area (Å²) in [6.45, 7) is 3.44. The second kappa shape index (κ2) is 5.63. The van der Waals surface area contributed by atoms with Crippen molar-refractivity contribution in [2.24, 2.45) is 7.05 Å². The number of carbonyl (C=O) groups is 1. The van der Waals surface area contributed by atoms with Crippen LogP contribution in [0.2, 0.25) is 0 Å². The van der Waals surface area contributed by atoms with Crippen LogP contribution in [0.5, 0.6) is 0 Å². The molecule has 2 aromatic heterocycles. The second-order valence-electron chi connectivity index (χ2n) is 5.58. The lowest BCUT2D eigenvalue weighted by Crippen LogP contribution is -2.39. The van der Waals surface area contributed by atoms with E-state index in [4.69, 9.17) is 0 Å². The highest BCUT2D eigenvalue weighted by Crippen LogP contribution is 2.26. The average Bonchev–Trinajstić information content (AvgIpc) is 2.93. The Labute approximate surface area is 123 Å². The maximum Gasteiger partial charge on any atom is 0.257 e. The Morgan fingerprint density at radius 2 is 2.19 bits per heavy atom. The van der Waals surface area contributed by atoms with Gasteiger partial charge in [0.2, 0.25) is 0 Å². The van der Waals surface area contributed by atoms with Crippen molar-refractivity contribution >= 4 is 5.91 Å². The maximum absolute atomic E-state index is 12.5. The second-order valence-corrected chi connectivity index (χ2v) is 5.58. The number of carbonyl (C=O) groups excluding carboxylic acids is 1. The summed E-state index contributed by atoms with van der Waals surface area (Å²) in [5.74, 6) is 0.320. The molecule has 0 N–H and O–H groups in total. The van der Waals surface area contributed by atoms with Crippen LogP contribution in [0.3, 0.4) is 0 Å². The molecule has 21 heavy (non-hydrogen) atoms. The molecule has 0 bridgehead atoms. The first kappa shape index (κ1) is 13.7. The molecule has 1 atom stereocenters. The van der Waals surface area contributed by atoms with E-state index in [1.54, 1.807) is 23.3 Å². The minimum absolute atomic E-state index is 0.0495. The molecule has 1 unspecified atom stereocenters. The van der Waals surface area contributed by atoms with Gasteiger partial charge in [-0.15, -0.1) is 0 Å². The highest BCUT2D eigenvalue weighted by atomic mass is 16.2. The van der Waals surface area contributed by atoms with Gasteiger partial charge in [0.05, 0.1) is 23.1 Å². The molecule has 0 aromatic carbocycles. The van der Waals surface area contributed by atoms with E-state index in [1.165, 1.54) is 0 Å². The van der Waals surface area contributed by atoms with E-state index in [9.17, 15) is 4.79 Å². The number of hydrogen-bond donors (Lipinski definition) is 0. The van der Waals surface area contributed by atoms with Gasteiger partial charge in [-0.3, -0.25) is 19.4 Å². The van der Waals surface area contributed by atoms with Gasteiger partial charge in [-0.2, -0.15) is 5.10 Å². The van der Waals surface area contributed by atoms with Crippen molar-refractivity contribution in [2.45, 2.75) is 25.7 Å². The summed E-state index contributed by atoms with van der Waals surface area (Å²) in [7, 11) is 1.82. The van der Waals surface area contributed by atoms with E-state index < -0.39 is 0 Å². The number of hydrogen-bond acceptors (Lipinski definition) is 4. The standard InChI is InChI=1S/C15H19N5O/c1-11-6-16-8-14(18-11)12-4-3-5-20(10-12)15(21)13-7-17-19(2)9-13/h6-9,12H,3-5,10H2,1-2H3. The van der Waals surface area contributed by atoms with Crippen LogP contribution < -0.4 is 0 Å². The molecule has 1 amide bonds. The summed E-state index contributed by atoms with van der Waals surface area (Å²) >= 11 is 0. The van der Waals surface area contributed by atoms with Gasteiger partial charge in [-0.1, -0.05) is 0 Å². The normalized spacial score (nSPS) is 18.8. The number of amides is 1. The molecular formula is C15H19N5O. The molecular weight excluding hydrogens is 266 g/mol. The Hall–Kier alpha value is -2.24. The van der Waals surface area contributed by atoms with Gasteiger partial charge in [-0.05, 0) is 19.8 Å². The molecule has 6 heteroatoms. The van der Waals surface area contributed by atoms with Gasteiger partial charge < -0.3 is 4.90 Å². The van der Waals surface area contributed by atoms with Gasteiger partial charge in [0.15, 0.2) is 0 Å². The quantitative estimate of drug-likeness (QED) is 0.839. The molecule has 0 spiro atoms. The van der Waals surface area contributed by atoms with Gasteiger partial charge >= 0.3 is 0 Å². The molecule has 3 heterocycles. The third kappa shape index (κ3) is 2.94. The van der Waals surface area contributed by atoms with Crippen LogP contribution >= 0.6 is 0 Å². The highest BCUT2D eigenvalue weighted by Gasteiger charge is 2.27. The average molecular weight is 285 g/mol. The predicted octanol–water partition coefficient (Wildman–Crippen LogP) is 1.54. The number of aryl methyl sites for hydroxylation is 2. The van der Waals surface area contributed by atoms with E-state index in [2.05, 4.69) is 15.1 Å². The Balaban J connectivity index is 1.75. The largest absolute Gasteiger partial charge is 0.338 e. The first-order chi connectivity index (χ1) is 10.1. The van der Waals surface area contributed by atoms with E-state index in [-0.39, 0.29) is 11.8 Å². The van der Waals surface area contributed by atoms with Crippen molar-refractivity contribution in [1.29, 1.82) is 0 Å². The topological polar surface area (TPSA) is 63.9 Å². The zero-order chi connectivity index (χ0) is 14.8. The number of rotatable bonds is 2. The number of nitrogens with zero attached hydrogens (tertiary/aromatic N) is 5. The van der Waals surface area contributed by atoms with Crippen molar-refractivity contribution in [2.75, 3.05) is 13.1 Å². The lowest BCUT2D eigenvalue weighted by molar-refractivity contribution is 0.0705. The summed E-state index contributed by atoms with van der Waals surface area (Å²) in [5.41, 5.74) is 2.55. The molecule has 3 rings (SSSR count). The van der Waals surface area contributed by atoms with Crippen molar-refractivity contribution in [3.8, 4) is 0 Å². The predicted molar refractivity (Wildman–Crippen MR) is 77.9 cm³/mol. The van der Waals surface area contributed by atoms with Crippen LogP contribution in [0, 0.1) is 6.92 Å². The van der Waals surface area contributed by atoms with Gasteiger partial charge in [0, 0.05) is 44.6 Å². The molecule has 1 aliphatic rings. The molecule has 110 valence electrons. The first-order valence-electron chi connectivity index (χ1n) is 7.20. The highest BCUT2D eigenvalue weighted by molar-refractivity contribution is 5.93. The Kier molecular flexibility index (Phi) is 3.68. The van der Waals surface area contributed by atoms with Crippen LogP contribution in [0.15, 0.2) is 24.8 Å². The molecule has 1 aliphatic heterocycles. The Morgan fingerprint density at radius 1 is 1.33 bits per heavy atom. The summed E-state index contributed by atoms with van der Waals surface area (Å²) in [5, 5.41) is 4.07. The zero-order valence-electron chi connectivity index (χ0n) is 12.4. The Morgan fingerprint density at radius 3 is 2.90 bits per heavy atom. The van der Waals surface area contributed by atoms with Crippen molar-refractivity contribution < 1.29 is 4.79 Å². The van der Waals surface area contributed by atoms with Crippen molar-refractivity contribution in [3.05, 3.63) is 41.7 Å². The summed E-state index contributed by atoms with van der Waals surface area (Å²) in [6.07, 6.45) is 9.00. The van der Waals surface area contributed by atoms with Gasteiger partial charge in [0.1, 0.15) is 0 Å². The summed E-state index contributed by atoms with van der Waals surface area (Å²) in [4.78, 5) is 23.2. The van der Waals surface area contributed by atoms with Crippen LogP contribution in [-0.4, -0.2) is 43.6 Å². The minimum atomic E-state index is 0.0495. The maximum atomic E-state index is 12.5. The third-order valence-electron chi connectivity index (χ3n) is 3.85. The minimum Gasteiger partial charge on any atom is -0.338 e. The first-order valence-corrected chi connectivity index (χ1v) is 7.20. The molecule has 0 aliphatic carbocycles. The molecule has 0 saturated carbocycles. The van der Waals surface area contributed by atoms with E-state index in [1.807, 2.05) is 25.1 Å². The fourth-order valence-electron chi connectivity index (χ4n) is 2.80. The summed E-state index contributed by atoms with van der Waals surface area (Å²) in [6, 6.07) is 0. The zero-order valence-corrected chi connectivity index (χ0v) is 12.4. The van der Waals surface area contributed by atoms with E-state index in [0.29, 0.717) is 12.1 Å². The molecule has 2 aromatic rings. The Bertz CT molecular complexity index is 651. The molecule has 0 radical (unpaired) electrons. The van der Waals surface area contributed by atoms with Gasteiger partial charge in [0.25, 0.3) is 5.91 Å². The molecule has 6 nitrogen and oxygen atoms in total. The van der Waals surface area contributed by atoms with Crippen LogP contribution in [0.25, 0.3) is 0 Å². The SMILES string of the molecule is Cc1cncc(C2CCCN(C(=O)c3cnn(C)c3)C2)n1. The van der Waals surface area contributed by atoms with Crippen molar-refractivity contribution in [1.82, 2.24) is 24.6 Å². The van der Waals surface area contributed by atoms with E-state index >= 15 is 0 Å². The van der Waals surface area contributed by atoms with Crippen LogP contribution in [0.1, 0.15) is 40.5 Å². The molecule has 1 fully saturated rings. The summed E-state index contributed by atoms with van der Waals surface area (Å²) < 4.78 is 1.65. The van der Waals surface area contributed by atoms with Crippen molar-refractivity contribution in [3.63, 3.8) is 0 Å². The smallest absolute Gasteiger partial charge is 0.257 e. The molecule has 1 saturated heterocycles. The fraction of sp³-hybridized carbons (Fsp3) is 0.467.